The van der Waals surface area contributed by atoms with Crippen LogP contribution in [-0.4, -0.2) is 39.8 Å². The average Bonchev–Trinajstić information content (AvgIpc) is 2.64. The molecule has 0 saturated carbocycles. The molecular weight excluding hydrogens is 388 g/mol. The van der Waals surface area contributed by atoms with Gasteiger partial charge >= 0.3 is 0 Å². The van der Waals surface area contributed by atoms with Gasteiger partial charge in [0.05, 0.1) is 18.0 Å². The number of rotatable bonds is 9. The molecule has 0 radical (unpaired) electrons. The fourth-order valence-corrected chi connectivity index (χ4v) is 3.71. The highest BCUT2D eigenvalue weighted by Gasteiger charge is 2.22. The number of carbonyl (C=O) groups excluding carboxylic acids is 1. The third kappa shape index (κ3) is 6.78. The van der Waals surface area contributed by atoms with Gasteiger partial charge in [0, 0.05) is 0 Å². The second-order valence-corrected chi connectivity index (χ2v) is 9.47. The number of para-hydroxylation sites is 1. The van der Waals surface area contributed by atoms with Gasteiger partial charge in [0.25, 0.3) is 0 Å². The maximum Gasteiger partial charge on any atom is 0.241 e. The Balaban J connectivity index is 2.00. The third-order valence-electron chi connectivity index (χ3n) is 4.53. The normalized spacial score (nSPS) is 12.5. The molecule has 0 aliphatic carbocycles. The van der Waals surface area contributed by atoms with E-state index in [0.29, 0.717) is 18.2 Å². The van der Waals surface area contributed by atoms with E-state index in [1.54, 1.807) is 12.1 Å². The van der Waals surface area contributed by atoms with Crippen LogP contribution in [0.4, 0.5) is 5.69 Å². The second-order valence-electron chi connectivity index (χ2n) is 7.56. The Morgan fingerprint density at radius 3 is 2.24 bits per heavy atom. The molecule has 6 nitrogen and oxygen atoms in total. The smallest absolute Gasteiger partial charge is 0.241 e. The summed E-state index contributed by atoms with van der Waals surface area (Å²) in [6.45, 7) is 7.91. The molecule has 158 valence electrons. The number of nitrogens with one attached hydrogen (secondary N) is 1. The standard InChI is InChI=1S/C22H30N2O4S/c1-16(2)19-10-12-20(13-11-19)24(29(5,26)27)14-22(25)23-18(4)15-28-21-9-7-6-8-17(21)3/h6-13,16,18H,14-15H2,1-5H3,(H,23,25). The van der Waals surface area contributed by atoms with Gasteiger partial charge in [-0.2, -0.15) is 0 Å². The monoisotopic (exact) mass is 418 g/mol. The van der Waals surface area contributed by atoms with Gasteiger partial charge in [-0.3, -0.25) is 9.10 Å². The van der Waals surface area contributed by atoms with E-state index in [2.05, 4.69) is 19.2 Å². The minimum absolute atomic E-state index is 0.271. The van der Waals surface area contributed by atoms with Gasteiger partial charge in [0.1, 0.15) is 18.9 Å². The lowest BCUT2D eigenvalue weighted by molar-refractivity contribution is -0.120. The zero-order chi connectivity index (χ0) is 21.6. The van der Waals surface area contributed by atoms with E-state index in [1.807, 2.05) is 50.2 Å². The quantitative estimate of drug-likeness (QED) is 0.677. The molecule has 2 aromatic rings. The number of hydrogen-bond acceptors (Lipinski definition) is 4. The van der Waals surface area contributed by atoms with E-state index in [9.17, 15) is 13.2 Å². The minimum atomic E-state index is -3.60. The lowest BCUT2D eigenvalue weighted by Crippen LogP contribution is -2.44. The van der Waals surface area contributed by atoms with Crippen LogP contribution in [0.15, 0.2) is 48.5 Å². The Kier molecular flexibility index (Phi) is 7.67. The van der Waals surface area contributed by atoms with Gasteiger partial charge in [-0.05, 0) is 49.1 Å². The van der Waals surface area contributed by atoms with E-state index in [1.165, 1.54) is 0 Å². The lowest BCUT2D eigenvalue weighted by atomic mass is 10.0. The molecule has 0 bridgehead atoms. The van der Waals surface area contributed by atoms with Crippen molar-refractivity contribution in [3.05, 3.63) is 59.7 Å². The molecule has 0 aromatic heterocycles. The highest BCUT2D eigenvalue weighted by molar-refractivity contribution is 7.92. The summed E-state index contributed by atoms with van der Waals surface area (Å²) in [5.74, 6) is 0.717. The van der Waals surface area contributed by atoms with Crippen molar-refractivity contribution in [1.82, 2.24) is 5.32 Å². The summed E-state index contributed by atoms with van der Waals surface area (Å²) in [7, 11) is -3.60. The molecule has 1 N–H and O–H groups in total. The summed E-state index contributed by atoms with van der Waals surface area (Å²) >= 11 is 0. The highest BCUT2D eigenvalue weighted by atomic mass is 32.2. The fourth-order valence-electron chi connectivity index (χ4n) is 2.85. The number of carbonyl (C=O) groups is 1. The first-order valence-corrected chi connectivity index (χ1v) is 11.5. The number of anilines is 1. The van der Waals surface area contributed by atoms with Crippen molar-refractivity contribution in [3.63, 3.8) is 0 Å². The Morgan fingerprint density at radius 2 is 1.69 bits per heavy atom. The van der Waals surface area contributed by atoms with Crippen LogP contribution in [-0.2, 0) is 14.8 Å². The van der Waals surface area contributed by atoms with Crippen LogP contribution < -0.4 is 14.4 Å². The van der Waals surface area contributed by atoms with Crippen molar-refractivity contribution in [2.24, 2.45) is 0 Å². The van der Waals surface area contributed by atoms with Gasteiger partial charge in [0.2, 0.25) is 15.9 Å². The number of amides is 1. The van der Waals surface area contributed by atoms with Crippen molar-refractivity contribution in [3.8, 4) is 5.75 Å². The molecule has 0 aliphatic rings. The van der Waals surface area contributed by atoms with E-state index >= 15 is 0 Å². The first kappa shape index (κ1) is 22.7. The molecule has 1 unspecified atom stereocenters. The number of sulfonamides is 1. The predicted molar refractivity (Wildman–Crippen MR) is 117 cm³/mol. The summed E-state index contributed by atoms with van der Waals surface area (Å²) in [5, 5.41) is 2.80. The van der Waals surface area contributed by atoms with Crippen molar-refractivity contribution in [2.45, 2.75) is 39.7 Å². The van der Waals surface area contributed by atoms with Gasteiger partial charge in [0.15, 0.2) is 0 Å². The Hall–Kier alpha value is -2.54. The minimum Gasteiger partial charge on any atom is -0.491 e. The van der Waals surface area contributed by atoms with E-state index in [-0.39, 0.29) is 18.5 Å². The molecule has 1 amide bonds. The van der Waals surface area contributed by atoms with Gasteiger partial charge in [-0.25, -0.2) is 8.42 Å². The summed E-state index contributed by atoms with van der Waals surface area (Å²) in [5.41, 5.74) is 2.59. The number of ether oxygens (including phenoxy) is 1. The van der Waals surface area contributed by atoms with Gasteiger partial charge in [-0.15, -0.1) is 0 Å². The zero-order valence-corrected chi connectivity index (χ0v) is 18.5. The van der Waals surface area contributed by atoms with Crippen LogP contribution in [0.3, 0.4) is 0 Å². The molecular formula is C22H30N2O4S. The molecule has 0 fully saturated rings. The van der Waals surface area contributed by atoms with Crippen molar-refractivity contribution >= 4 is 21.6 Å². The van der Waals surface area contributed by atoms with Gasteiger partial charge in [-0.1, -0.05) is 44.2 Å². The number of aryl methyl sites for hydroxylation is 1. The summed E-state index contributed by atoms with van der Waals surface area (Å²) < 4.78 is 31.3. The molecule has 2 rings (SSSR count). The summed E-state index contributed by atoms with van der Waals surface area (Å²) in [4.78, 5) is 12.5. The van der Waals surface area contributed by atoms with Crippen molar-refractivity contribution < 1.29 is 17.9 Å². The van der Waals surface area contributed by atoms with E-state index in [0.717, 1.165) is 27.4 Å². The zero-order valence-electron chi connectivity index (χ0n) is 17.7. The first-order chi connectivity index (χ1) is 13.6. The maximum absolute atomic E-state index is 12.5. The Bertz CT molecular complexity index is 924. The average molecular weight is 419 g/mol. The third-order valence-corrected chi connectivity index (χ3v) is 5.67. The van der Waals surface area contributed by atoms with Crippen LogP contribution >= 0.6 is 0 Å². The summed E-state index contributed by atoms with van der Waals surface area (Å²) in [6.07, 6.45) is 1.10. The Labute approximate surface area is 173 Å². The molecule has 29 heavy (non-hydrogen) atoms. The van der Waals surface area contributed by atoms with E-state index in [4.69, 9.17) is 4.74 Å². The second kappa shape index (κ2) is 9.78. The lowest BCUT2D eigenvalue weighted by Gasteiger charge is -2.23. The molecule has 1 atom stereocenters. The molecule has 7 heteroatoms. The largest absolute Gasteiger partial charge is 0.491 e. The predicted octanol–water partition coefficient (Wildman–Crippen LogP) is 3.47. The van der Waals surface area contributed by atoms with Crippen LogP contribution in [0, 0.1) is 6.92 Å². The molecule has 0 heterocycles. The van der Waals surface area contributed by atoms with Crippen LogP contribution in [0.2, 0.25) is 0 Å². The number of hydrogen-bond donors (Lipinski definition) is 1. The maximum atomic E-state index is 12.5. The van der Waals surface area contributed by atoms with Gasteiger partial charge < -0.3 is 10.1 Å². The van der Waals surface area contributed by atoms with Crippen LogP contribution in [0.25, 0.3) is 0 Å². The van der Waals surface area contributed by atoms with Crippen molar-refractivity contribution in [1.29, 1.82) is 0 Å². The molecule has 0 spiro atoms. The topological polar surface area (TPSA) is 75.7 Å². The molecule has 0 aliphatic heterocycles. The molecule has 2 aromatic carbocycles. The highest BCUT2D eigenvalue weighted by Crippen LogP contribution is 2.22. The van der Waals surface area contributed by atoms with Crippen molar-refractivity contribution in [2.75, 3.05) is 23.7 Å². The Morgan fingerprint density at radius 1 is 1.07 bits per heavy atom. The fraction of sp³-hybridized carbons (Fsp3) is 0.409. The summed E-state index contributed by atoms with van der Waals surface area (Å²) in [6, 6.07) is 14.6. The number of nitrogens with zero attached hydrogens (tertiary/aromatic N) is 1. The SMILES string of the molecule is Cc1ccccc1OCC(C)NC(=O)CN(c1ccc(C(C)C)cc1)S(C)(=O)=O. The first-order valence-electron chi connectivity index (χ1n) is 9.63. The van der Waals surface area contributed by atoms with Crippen LogP contribution in [0.1, 0.15) is 37.8 Å². The van der Waals surface area contributed by atoms with Crippen LogP contribution in [0.5, 0.6) is 5.75 Å². The number of benzene rings is 2. The molecule has 0 saturated heterocycles. The van der Waals surface area contributed by atoms with E-state index < -0.39 is 10.0 Å².